The monoisotopic (exact) mass is 865 g/mol. The number of anilines is 6. The molecule has 0 aliphatic rings. The first-order valence-corrected chi connectivity index (χ1v) is 23.5. The predicted molar refractivity (Wildman–Crippen MR) is 288 cm³/mol. The number of hydrogen-bond donors (Lipinski definition) is 0. The molecule has 0 fully saturated rings. The Labute approximate surface area is 394 Å². The van der Waals surface area contributed by atoms with Gasteiger partial charge in [0.25, 0.3) is 0 Å². The Hall–Kier alpha value is -7.88. The van der Waals surface area contributed by atoms with Crippen molar-refractivity contribution in [3.8, 4) is 16.8 Å². The van der Waals surface area contributed by atoms with Crippen molar-refractivity contribution < 1.29 is 0 Å². The van der Waals surface area contributed by atoms with Crippen LogP contribution in [0.4, 0.5) is 34.1 Å². The predicted octanol–water partition coefficient (Wildman–Crippen LogP) is 18.3. The van der Waals surface area contributed by atoms with Crippen LogP contribution < -0.4 is 9.80 Å². The highest BCUT2D eigenvalue weighted by Crippen LogP contribution is 2.50. The molecular weight excluding hydrogens is 811 g/mol. The molecule has 1 aromatic heterocycles. The van der Waals surface area contributed by atoms with E-state index in [0.717, 1.165) is 50.8 Å². The van der Waals surface area contributed by atoms with Gasteiger partial charge in [0.15, 0.2) is 0 Å². The van der Waals surface area contributed by atoms with Crippen LogP contribution in [0.15, 0.2) is 224 Å². The second-order valence-corrected chi connectivity index (χ2v) is 19.9. The maximum absolute atomic E-state index is 2.52. The van der Waals surface area contributed by atoms with Crippen LogP contribution in [0.1, 0.15) is 52.7 Å². The average Bonchev–Trinajstić information content (AvgIpc) is 3.69. The topological polar surface area (TPSA) is 11.4 Å². The van der Waals surface area contributed by atoms with Gasteiger partial charge in [-0.05, 0) is 117 Å². The Morgan fingerprint density at radius 3 is 1.03 bits per heavy atom. The zero-order chi connectivity index (χ0) is 45.9. The van der Waals surface area contributed by atoms with Gasteiger partial charge in [0.05, 0.1) is 22.4 Å². The molecule has 1 heterocycles. The number of rotatable bonds is 8. The van der Waals surface area contributed by atoms with E-state index in [4.69, 9.17) is 0 Å². The van der Waals surface area contributed by atoms with Crippen molar-refractivity contribution in [2.45, 2.75) is 52.4 Å². The first-order chi connectivity index (χ1) is 32.5. The molecule has 0 aliphatic carbocycles. The van der Waals surface area contributed by atoms with E-state index in [0.29, 0.717) is 0 Å². The molecule has 0 bridgehead atoms. The summed E-state index contributed by atoms with van der Waals surface area (Å²) >= 11 is 0. The number of benzene rings is 10. The first kappa shape index (κ1) is 41.8. The second kappa shape index (κ2) is 16.5. The van der Waals surface area contributed by atoms with Crippen LogP contribution in [0.5, 0.6) is 0 Å². The fourth-order valence-corrected chi connectivity index (χ4v) is 10.0. The Morgan fingerprint density at radius 1 is 0.313 bits per heavy atom. The summed E-state index contributed by atoms with van der Waals surface area (Å²) in [5.74, 6) is 0. The Bertz CT molecular complexity index is 3340. The summed E-state index contributed by atoms with van der Waals surface area (Å²) in [6.07, 6.45) is 0. The van der Waals surface area contributed by atoms with Crippen molar-refractivity contribution in [1.29, 1.82) is 0 Å². The summed E-state index contributed by atoms with van der Waals surface area (Å²) in [6.45, 7) is 13.7. The van der Waals surface area contributed by atoms with Crippen LogP contribution in [0.2, 0.25) is 0 Å². The van der Waals surface area contributed by atoms with Gasteiger partial charge in [-0.2, -0.15) is 0 Å². The van der Waals surface area contributed by atoms with Crippen LogP contribution in [0.3, 0.4) is 0 Å². The maximum atomic E-state index is 2.52. The van der Waals surface area contributed by atoms with Gasteiger partial charge >= 0.3 is 0 Å². The summed E-state index contributed by atoms with van der Waals surface area (Å²) in [5.41, 5.74) is 15.1. The van der Waals surface area contributed by atoms with Crippen molar-refractivity contribution >= 4 is 77.5 Å². The van der Waals surface area contributed by atoms with Crippen LogP contribution in [-0.4, -0.2) is 4.57 Å². The van der Waals surface area contributed by atoms with Crippen LogP contribution >= 0.6 is 0 Å². The third-order valence-electron chi connectivity index (χ3n) is 13.5. The van der Waals surface area contributed by atoms with Gasteiger partial charge in [-0.3, -0.25) is 0 Å². The quantitative estimate of drug-likeness (QED) is 0.151. The molecule has 11 rings (SSSR count). The van der Waals surface area contributed by atoms with Crippen LogP contribution in [0.25, 0.3) is 60.2 Å². The van der Waals surface area contributed by atoms with E-state index >= 15 is 0 Å². The molecule has 326 valence electrons. The minimum absolute atomic E-state index is 0.0340. The van der Waals surface area contributed by atoms with Gasteiger partial charge in [0.1, 0.15) is 0 Å². The summed E-state index contributed by atoms with van der Waals surface area (Å²) in [7, 11) is 0. The highest BCUT2D eigenvalue weighted by atomic mass is 15.2. The zero-order valence-electron chi connectivity index (χ0n) is 39.2. The first-order valence-electron chi connectivity index (χ1n) is 23.5. The SMILES string of the molecule is CC(C)(C)c1ccc(N(c2ccccc2)c2cc3c(c4ccccc24)c2c4ccccc4c(N(c4ccccc4)c4ccc(C(C)(C)C)cc4)cc2n3-c2ccc(-c3ccccc3)cc2)cc1. The van der Waals surface area contributed by atoms with Gasteiger partial charge in [0.2, 0.25) is 0 Å². The van der Waals surface area contributed by atoms with Gasteiger partial charge < -0.3 is 14.4 Å². The molecule has 3 heteroatoms. The molecule has 0 spiro atoms. The van der Waals surface area contributed by atoms with E-state index in [1.165, 1.54) is 54.6 Å². The van der Waals surface area contributed by atoms with Gasteiger partial charge in [-0.25, -0.2) is 0 Å². The average molecular weight is 866 g/mol. The van der Waals surface area contributed by atoms with Crippen molar-refractivity contribution in [3.63, 3.8) is 0 Å². The van der Waals surface area contributed by atoms with E-state index in [-0.39, 0.29) is 10.8 Å². The van der Waals surface area contributed by atoms with Crippen LogP contribution in [-0.2, 0) is 10.8 Å². The molecule has 10 aromatic carbocycles. The minimum Gasteiger partial charge on any atom is -0.310 e. The standard InChI is InChI=1S/C64H55N3/c1-63(2,3)46-32-38-50(39-33-46)65(48-22-12-8-13-23-48)57-42-59-61(55-28-18-16-26-53(55)57)62-56-29-19-17-27-54(56)58(43-60(62)67(59)52-36-30-45(31-37-52)44-20-10-7-11-21-44)66(49-24-14-9-15-25-49)51-40-34-47(35-41-51)64(4,5)6/h7-43H,1-6H3. The third kappa shape index (κ3) is 7.51. The molecular formula is C64H55N3. The number of aromatic nitrogens is 1. The molecule has 0 atom stereocenters. The largest absolute Gasteiger partial charge is 0.310 e. The number of hydrogen-bond acceptors (Lipinski definition) is 2. The second-order valence-electron chi connectivity index (χ2n) is 19.9. The molecule has 67 heavy (non-hydrogen) atoms. The van der Waals surface area contributed by atoms with Gasteiger partial charge in [-0.1, -0.05) is 193 Å². The van der Waals surface area contributed by atoms with E-state index in [1.54, 1.807) is 0 Å². The molecule has 0 aliphatic heterocycles. The van der Waals surface area contributed by atoms with E-state index in [9.17, 15) is 0 Å². The van der Waals surface area contributed by atoms with Crippen molar-refractivity contribution in [2.75, 3.05) is 9.80 Å². The van der Waals surface area contributed by atoms with E-state index < -0.39 is 0 Å². The lowest BCUT2D eigenvalue weighted by Crippen LogP contribution is -2.13. The van der Waals surface area contributed by atoms with Gasteiger partial charge in [0, 0.05) is 50.0 Å². The Kier molecular flexibility index (Phi) is 10.3. The Morgan fingerprint density at radius 2 is 0.642 bits per heavy atom. The van der Waals surface area contributed by atoms with Crippen molar-refractivity contribution in [1.82, 2.24) is 4.57 Å². The normalized spacial score (nSPS) is 12.0. The summed E-state index contributed by atoms with van der Waals surface area (Å²) in [5, 5.41) is 7.28. The molecule has 0 saturated carbocycles. The minimum atomic E-state index is 0.0340. The fourth-order valence-electron chi connectivity index (χ4n) is 10.0. The smallest absolute Gasteiger partial charge is 0.0568 e. The fraction of sp³-hybridized carbons (Fsp3) is 0.125. The molecule has 3 nitrogen and oxygen atoms in total. The lowest BCUT2D eigenvalue weighted by molar-refractivity contribution is 0.590. The van der Waals surface area contributed by atoms with Gasteiger partial charge in [-0.15, -0.1) is 0 Å². The third-order valence-corrected chi connectivity index (χ3v) is 13.5. The van der Waals surface area contributed by atoms with Crippen molar-refractivity contribution in [2.24, 2.45) is 0 Å². The summed E-state index contributed by atoms with van der Waals surface area (Å²) in [6, 6.07) is 82.7. The number of fused-ring (bicyclic) bond motifs is 7. The summed E-state index contributed by atoms with van der Waals surface area (Å²) < 4.78 is 2.52. The number of para-hydroxylation sites is 2. The molecule has 11 aromatic rings. The van der Waals surface area contributed by atoms with E-state index in [2.05, 4.69) is 280 Å². The van der Waals surface area contributed by atoms with Crippen molar-refractivity contribution in [3.05, 3.63) is 236 Å². The highest BCUT2D eigenvalue weighted by molar-refractivity contribution is 6.32. The molecule has 0 N–H and O–H groups in total. The lowest BCUT2D eigenvalue weighted by atomic mass is 9.87. The molecule has 0 radical (unpaired) electrons. The maximum Gasteiger partial charge on any atom is 0.0568 e. The zero-order valence-corrected chi connectivity index (χ0v) is 39.2. The van der Waals surface area contributed by atoms with E-state index in [1.807, 2.05) is 0 Å². The summed E-state index contributed by atoms with van der Waals surface area (Å²) in [4.78, 5) is 4.88. The lowest BCUT2D eigenvalue weighted by Gasteiger charge is -2.28. The highest BCUT2D eigenvalue weighted by Gasteiger charge is 2.26. The number of nitrogens with zero attached hydrogens (tertiary/aromatic N) is 3. The molecule has 0 unspecified atom stereocenters. The van der Waals surface area contributed by atoms with Crippen LogP contribution in [0, 0.1) is 0 Å². The molecule has 0 amide bonds. The Balaban J connectivity index is 1.26. The molecule has 0 saturated heterocycles.